The summed E-state index contributed by atoms with van der Waals surface area (Å²) in [5, 5.41) is 2.45. The van der Waals surface area contributed by atoms with Crippen LogP contribution in [0.5, 0.6) is 0 Å². The molecule has 2 rings (SSSR count). The van der Waals surface area contributed by atoms with E-state index in [0.717, 1.165) is 0 Å². The molecule has 0 saturated heterocycles. The van der Waals surface area contributed by atoms with Crippen molar-refractivity contribution in [2.45, 2.75) is 13.0 Å². The van der Waals surface area contributed by atoms with Gasteiger partial charge in [0.15, 0.2) is 5.82 Å². The molecule has 0 radical (unpaired) electrons. The van der Waals surface area contributed by atoms with E-state index < -0.39 is 0 Å². The first kappa shape index (κ1) is 12.1. The molecule has 17 heavy (non-hydrogen) atoms. The predicted molar refractivity (Wildman–Crippen MR) is 72.6 cm³/mol. The summed E-state index contributed by atoms with van der Waals surface area (Å²) in [4.78, 5) is 11.3. The van der Waals surface area contributed by atoms with Crippen molar-refractivity contribution in [3.8, 4) is 0 Å². The molecule has 0 aromatic carbocycles. The molecule has 1 atom stereocenters. The van der Waals surface area contributed by atoms with Crippen molar-refractivity contribution in [3.05, 3.63) is 33.7 Å². The van der Waals surface area contributed by atoms with E-state index in [4.69, 9.17) is 17.3 Å². The van der Waals surface area contributed by atoms with Gasteiger partial charge in [0.25, 0.3) is 0 Å². The van der Waals surface area contributed by atoms with Crippen LogP contribution in [0, 0.1) is 0 Å². The molecule has 2 aromatic heterocycles. The molecule has 6 heteroatoms. The van der Waals surface area contributed by atoms with Crippen LogP contribution in [0.2, 0.25) is 5.02 Å². The highest BCUT2D eigenvalue weighted by atomic mass is 35.5. The second kappa shape index (κ2) is 4.89. The Hall–Kier alpha value is -1.33. The highest BCUT2D eigenvalue weighted by molar-refractivity contribution is 7.10. The molecule has 2 heterocycles. The topological polar surface area (TPSA) is 55.0 Å². The molecule has 0 saturated carbocycles. The molecule has 0 amide bonds. The SMILES string of the molecule is CC(c1cccs1)N(C)c1ncnc(N)c1Cl. The summed E-state index contributed by atoms with van der Waals surface area (Å²) in [6.07, 6.45) is 1.42. The number of aromatic nitrogens is 2. The Labute approximate surface area is 109 Å². The van der Waals surface area contributed by atoms with Gasteiger partial charge in [0.2, 0.25) is 0 Å². The van der Waals surface area contributed by atoms with Gasteiger partial charge in [-0.05, 0) is 18.4 Å². The van der Waals surface area contributed by atoms with Gasteiger partial charge >= 0.3 is 0 Å². The molecule has 0 aliphatic heterocycles. The number of rotatable bonds is 3. The Balaban J connectivity index is 2.31. The Bertz CT molecular complexity index is 500. The van der Waals surface area contributed by atoms with Crippen LogP contribution >= 0.6 is 22.9 Å². The number of halogens is 1. The molecule has 90 valence electrons. The van der Waals surface area contributed by atoms with Gasteiger partial charge < -0.3 is 10.6 Å². The van der Waals surface area contributed by atoms with Crippen LogP contribution in [0.4, 0.5) is 11.6 Å². The molecule has 2 N–H and O–H groups in total. The summed E-state index contributed by atoms with van der Waals surface area (Å²) in [6.45, 7) is 2.10. The van der Waals surface area contributed by atoms with E-state index in [9.17, 15) is 0 Å². The molecule has 4 nitrogen and oxygen atoms in total. The number of nitrogens with zero attached hydrogens (tertiary/aromatic N) is 3. The first-order chi connectivity index (χ1) is 8.11. The second-order valence-electron chi connectivity index (χ2n) is 3.70. The lowest BCUT2D eigenvalue weighted by molar-refractivity contribution is 0.741. The third-order valence-corrected chi connectivity index (χ3v) is 4.07. The molecule has 2 aromatic rings. The van der Waals surface area contributed by atoms with Gasteiger partial charge in [-0.15, -0.1) is 11.3 Å². The third-order valence-electron chi connectivity index (χ3n) is 2.67. The summed E-state index contributed by atoms with van der Waals surface area (Å²) in [5.74, 6) is 0.960. The monoisotopic (exact) mass is 268 g/mol. The highest BCUT2D eigenvalue weighted by Gasteiger charge is 2.18. The lowest BCUT2D eigenvalue weighted by atomic mass is 10.2. The number of hydrogen-bond acceptors (Lipinski definition) is 5. The van der Waals surface area contributed by atoms with Crippen LogP contribution in [0.3, 0.4) is 0 Å². The first-order valence-electron chi connectivity index (χ1n) is 5.13. The van der Waals surface area contributed by atoms with Crippen LogP contribution < -0.4 is 10.6 Å². The molecular weight excluding hydrogens is 256 g/mol. The summed E-state index contributed by atoms with van der Waals surface area (Å²) < 4.78 is 0. The fraction of sp³-hybridized carbons (Fsp3) is 0.273. The van der Waals surface area contributed by atoms with Gasteiger partial charge in [0.05, 0.1) is 6.04 Å². The van der Waals surface area contributed by atoms with Gasteiger partial charge in [0.1, 0.15) is 17.2 Å². The van der Waals surface area contributed by atoms with E-state index in [-0.39, 0.29) is 6.04 Å². The van der Waals surface area contributed by atoms with Crippen molar-refractivity contribution >= 4 is 34.6 Å². The lowest BCUT2D eigenvalue weighted by Gasteiger charge is -2.25. The van der Waals surface area contributed by atoms with Crippen molar-refractivity contribution in [1.82, 2.24) is 9.97 Å². The van der Waals surface area contributed by atoms with Gasteiger partial charge in [-0.2, -0.15) is 0 Å². The van der Waals surface area contributed by atoms with Crippen molar-refractivity contribution in [1.29, 1.82) is 0 Å². The minimum absolute atomic E-state index is 0.196. The maximum Gasteiger partial charge on any atom is 0.153 e. The maximum absolute atomic E-state index is 6.11. The molecule has 1 unspecified atom stereocenters. The van der Waals surface area contributed by atoms with E-state index >= 15 is 0 Å². The Morgan fingerprint density at radius 2 is 2.24 bits per heavy atom. The van der Waals surface area contributed by atoms with Crippen LogP contribution in [-0.2, 0) is 0 Å². The van der Waals surface area contributed by atoms with E-state index in [1.165, 1.54) is 11.2 Å². The maximum atomic E-state index is 6.11. The zero-order valence-electron chi connectivity index (χ0n) is 9.59. The lowest BCUT2D eigenvalue weighted by Crippen LogP contribution is -2.22. The van der Waals surface area contributed by atoms with Crippen LogP contribution in [0.15, 0.2) is 23.8 Å². The molecule has 0 spiro atoms. The smallest absolute Gasteiger partial charge is 0.153 e. The Morgan fingerprint density at radius 3 is 2.88 bits per heavy atom. The van der Waals surface area contributed by atoms with E-state index in [1.807, 2.05) is 18.0 Å². The van der Waals surface area contributed by atoms with Crippen molar-refractivity contribution in [3.63, 3.8) is 0 Å². The number of nitrogens with two attached hydrogens (primary N) is 1. The van der Waals surface area contributed by atoms with E-state index in [0.29, 0.717) is 16.7 Å². The van der Waals surface area contributed by atoms with Gasteiger partial charge in [-0.25, -0.2) is 9.97 Å². The second-order valence-corrected chi connectivity index (χ2v) is 5.06. The molecule has 0 fully saturated rings. The van der Waals surface area contributed by atoms with E-state index in [2.05, 4.69) is 28.3 Å². The quantitative estimate of drug-likeness (QED) is 0.930. The average molecular weight is 269 g/mol. The van der Waals surface area contributed by atoms with Crippen molar-refractivity contribution in [2.24, 2.45) is 0 Å². The average Bonchev–Trinajstić information content (AvgIpc) is 2.84. The fourth-order valence-electron chi connectivity index (χ4n) is 1.52. The minimum atomic E-state index is 0.196. The van der Waals surface area contributed by atoms with Gasteiger partial charge in [-0.1, -0.05) is 17.7 Å². The predicted octanol–water partition coefficient (Wildman–Crippen LogP) is 2.97. The number of thiophene rings is 1. The van der Waals surface area contributed by atoms with Gasteiger partial charge in [0, 0.05) is 11.9 Å². The van der Waals surface area contributed by atoms with Crippen LogP contribution in [0.1, 0.15) is 17.8 Å². The zero-order chi connectivity index (χ0) is 12.4. The molecular formula is C11H13ClN4S. The number of anilines is 2. The van der Waals surface area contributed by atoms with E-state index in [1.54, 1.807) is 11.3 Å². The standard InChI is InChI=1S/C11H13ClN4S/c1-7(8-4-3-5-17-8)16(2)11-9(12)10(13)14-6-15-11/h3-7H,1-2H3,(H2,13,14,15). The largest absolute Gasteiger partial charge is 0.382 e. The number of hydrogen-bond donors (Lipinski definition) is 1. The van der Waals surface area contributed by atoms with Crippen molar-refractivity contribution in [2.75, 3.05) is 17.7 Å². The zero-order valence-corrected chi connectivity index (χ0v) is 11.2. The Morgan fingerprint density at radius 1 is 1.47 bits per heavy atom. The highest BCUT2D eigenvalue weighted by Crippen LogP contribution is 2.32. The van der Waals surface area contributed by atoms with Crippen LogP contribution in [0.25, 0.3) is 0 Å². The molecule has 0 aliphatic carbocycles. The third kappa shape index (κ3) is 2.35. The summed E-state index contributed by atoms with van der Waals surface area (Å²) in [5.41, 5.74) is 5.67. The molecule has 0 bridgehead atoms. The fourth-order valence-corrected chi connectivity index (χ4v) is 2.58. The number of nitrogen functional groups attached to an aromatic ring is 1. The summed E-state index contributed by atoms with van der Waals surface area (Å²) in [6, 6.07) is 4.31. The first-order valence-corrected chi connectivity index (χ1v) is 6.39. The molecule has 0 aliphatic rings. The van der Waals surface area contributed by atoms with Gasteiger partial charge in [-0.3, -0.25) is 0 Å². The minimum Gasteiger partial charge on any atom is -0.382 e. The summed E-state index contributed by atoms with van der Waals surface area (Å²) in [7, 11) is 1.94. The van der Waals surface area contributed by atoms with Crippen molar-refractivity contribution < 1.29 is 0 Å². The summed E-state index contributed by atoms with van der Waals surface area (Å²) >= 11 is 7.81. The normalized spacial score (nSPS) is 12.4. The Kier molecular flexibility index (Phi) is 3.49. The van der Waals surface area contributed by atoms with Crippen LogP contribution in [-0.4, -0.2) is 17.0 Å².